The first kappa shape index (κ1) is 20.6. The molecular formula is C21H24N4O3S. The van der Waals surface area contributed by atoms with Gasteiger partial charge in [-0.15, -0.1) is 10.2 Å². The molecule has 152 valence electrons. The van der Waals surface area contributed by atoms with Crippen molar-refractivity contribution in [2.24, 2.45) is 0 Å². The summed E-state index contributed by atoms with van der Waals surface area (Å²) in [6.07, 6.45) is 0. The maximum atomic E-state index is 12.1. The van der Waals surface area contributed by atoms with Gasteiger partial charge >= 0.3 is 6.03 Å². The number of methoxy groups -OCH3 is 1. The minimum atomic E-state index is -0.403. The summed E-state index contributed by atoms with van der Waals surface area (Å²) in [6, 6.07) is 14.7. The van der Waals surface area contributed by atoms with Crippen LogP contribution in [0, 0.1) is 0 Å². The van der Waals surface area contributed by atoms with Gasteiger partial charge in [0.2, 0.25) is 5.13 Å². The minimum absolute atomic E-state index is 0.101. The summed E-state index contributed by atoms with van der Waals surface area (Å²) in [7, 11) is 1.57. The van der Waals surface area contributed by atoms with Crippen LogP contribution in [0.4, 0.5) is 15.6 Å². The first-order valence-corrected chi connectivity index (χ1v) is 9.93. The smallest absolute Gasteiger partial charge is 0.325 e. The van der Waals surface area contributed by atoms with Gasteiger partial charge in [0.15, 0.2) is 5.01 Å². The maximum absolute atomic E-state index is 12.1. The van der Waals surface area contributed by atoms with E-state index in [1.54, 1.807) is 31.4 Å². The van der Waals surface area contributed by atoms with Crippen molar-refractivity contribution in [1.82, 2.24) is 10.2 Å². The number of carbonyl (C=O) groups is 1. The molecular weight excluding hydrogens is 388 g/mol. The number of carbonyl (C=O) groups excluding carboxylic acids is 1. The van der Waals surface area contributed by atoms with Gasteiger partial charge in [0.25, 0.3) is 0 Å². The third-order valence-electron chi connectivity index (χ3n) is 4.10. The van der Waals surface area contributed by atoms with E-state index in [-0.39, 0.29) is 12.0 Å². The van der Waals surface area contributed by atoms with E-state index in [1.165, 1.54) is 16.9 Å². The van der Waals surface area contributed by atoms with Gasteiger partial charge in [-0.25, -0.2) is 4.79 Å². The predicted molar refractivity (Wildman–Crippen MR) is 115 cm³/mol. The zero-order valence-corrected chi connectivity index (χ0v) is 17.7. The maximum Gasteiger partial charge on any atom is 0.325 e. The van der Waals surface area contributed by atoms with Crippen molar-refractivity contribution in [1.29, 1.82) is 0 Å². The molecule has 0 unspecified atom stereocenters. The Morgan fingerprint density at radius 2 is 1.79 bits per heavy atom. The molecule has 0 saturated carbocycles. The fraction of sp³-hybridized carbons (Fsp3) is 0.286. The summed E-state index contributed by atoms with van der Waals surface area (Å²) < 4.78 is 10.9. The van der Waals surface area contributed by atoms with Gasteiger partial charge in [0.05, 0.1) is 7.11 Å². The lowest BCUT2D eigenvalue weighted by molar-refractivity contribution is 0.262. The zero-order valence-electron chi connectivity index (χ0n) is 16.9. The molecule has 0 atom stereocenters. The highest BCUT2D eigenvalue weighted by atomic mass is 32.1. The second kappa shape index (κ2) is 8.91. The van der Waals surface area contributed by atoms with Crippen LogP contribution in [0.2, 0.25) is 0 Å². The number of aromatic nitrogens is 2. The number of amides is 2. The first-order valence-electron chi connectivity index (χ1n) is 9.11. The Bertz CT molecular complexity index is 965. The van der Waals surface area contributed by atoms with Crippen molar-refractivity contribution in [3.05, 3.63) is 59.1 Å². The third kappa shape index (κ3) is 5.92. The molecule has 29 heavy (non-hydrogen) atoms. The summed E-state index contributed by atoms with van der Waals surface area (Å²) in [5.41, 5.74) is 1.96. The largest absolute Gasteiger partial charge is 0.497 e. The Morgan fingerprint density at radius 3 is 2.48 bits per heavy atom. The number of hydrogen-bond acceptors (Lipinski definition) is 6. The molecule has 2 amide bonds. The van der Waals surface area contributed by atoms with Crippen LogP contribution >= 0.6 is 11.3 Å². The molecule has 0 aliphatic heterocycles. The molecule has 1 heterocycles. The number of rotatable bonds is 6. The van der Waals surface area contributed by atoms with Crippen LogP contribution in [0.25, 0.3) is 0 Å². The molecule has 0 aliphatic carbocycles. The average Bonchev–Trinajstić information content (AvgIpc) is 3.13. The van der Waals surface area contributed by atoms with Gasteiger partial charge in [0, 0.05) is 11.8 Å². The summed E-state index contributed by atoms with van der Waals surface area (Å²) in [5.74, 6) is 1.42. The lowest BCUT2D eigenvalue weighted by atomic mass is 9.87. The molecule has 1 aromatic heterocycles. The van der Waals surface area contributed by atoms with E-state index in [4.69, 9.17) is 9.47 Å². The Balaban J connectivity index is 1.52. The van der Waals surface area contributed by atoms with E-state index in [0.29, 0.717) is 21.6 Å². The zero-order chi connectivity index (χ0) is 20.9. The van der Waals surface area contributed by atoms with Crippen LogP contribution in [-0.4, -0.2) is 23.3 Å². The molecule has 3 rings (SSSR count). The summed E-state index contributed by atoms with van der Waals surface area (Å²) in [5, 5.41) is 14.5. The van der Waals surface area contributed by atoms with Crippen LogP contribution in [0.3, 0.4) is 0 Å². The molecule has 0 aliphatic rings. The molecule has 2 N–H and O–H groups in total. The highest BCUT2D eigenvalue weighted by molar-refractivity contribution is 7.15. The van der Waals surface area contributed by atoms with Gasteiger partial charge in [-0.3, -0.25) is 5.32 Å². The van der Waals surface area contributed by atoms with Crippen molar-refractivity contribution >= 4 is 28.2 Å². The lowest BCUT2D eigenvalue weighted by Crippen LogP contribution is -2.19. The second-order valence-corrected chi connectivity index (χ2v) is 8.44. The number of anilines is 2. The van der Waals surface area contributed by atoms with Crippen molar-refractivity contribution in [3.63, 3.8) is 0 Å². The normalized spacial score (nSPS) is 11.0. The monoisotopic (exact) mass is 412 g/mol. The van der Waals surface area contributed by atoms with E-state index in [0.717, 1.165) is 5.75 Å². The summed E-state index contributed by atoms with van der Waals surface area (Å²) >= 11 is 1.26. The molecule has 7 nitrogen and oxygen atoms in total. The molecule has 0 spiro atoms. The average molecular weight is 413 g/mol. The number of hydrogen-bond donors (Lipinski definition) is 2. The predicted octanol–water partition coefficient (Wildman–Crippen LogP) is 5.07. The van der Waals surface area contributed by atoms with Gasteiger partial charge < -0.3 is 14.8 Å². The van der Waals surface area contributed by atoms with Crippen LogP contribution in [-0.2, 0) is 12.0 Å². The fourth-order valence-electron chi connectivity index (χ4n) is 2.52. The Morgan fingerprint density at radius 1 is 1.03 bits per heavy atom. The van der Waals surface area contributed by atoms with Gasteiger partial charge in [-0.2, -0.15) is 0 Å². The summed E-state index contributed by atoms with van der Waals surface area (Å²) in [4.78, 5) is 12.1. The van der Waals surface area contributed by atoms with Crippen LogP contribution in [0.15, 0.2) is 48.5 Å². The molecule has 0 fully saturated rings. The van der Waals surface area contributed by atoms with Gasteiger partial charge in [0.1, 0.15) is 18.1 Å². The molecule has 3 aromatic rings. The van der Waals surface area contributed by atoms with Crippen molar-refractivity contribution in [2.45, 2.75) is 32.8 Å². The Labute approximate surface area is 174 Å². The molecule has 2 aromatic carbocycles. The molecule has 8 heteroatoms. The van der Waals surface area contributed by atoms with E-state index in [2.05, 4.69) is 53.7 Å². The quantitative estimate of drug-likeness (QED) is 0.591. The van der Waals surface area contributed by atoms with E-state index >= 15 is 0 Å². The minimum Gasteiger partial charge on any atom is -0.497 e. The Hall–Kier alpha value is -3.13. The van der Waals surface area contributed by atoms with Crippen molar-refractivity contribution in [3.8, 4) is 11.5 Å². The highest BCUT2D eigenvalue weighted by Crippen LogP contribution is 2.25. The number of nitrogens with one attached hydrogen (secondary N) is 2. The lowest BCUT2D eigenvalue weighted by Gasteiger charge is -2.19. The van der Waals surface area contributed by atoms with Gasteiger partial charge in [-0.1, -0.05) is 50.3 Å². The summed E-state index contributed by atoms with van der Waals surface area (Å²) in [6.45, 7) is 6.79. The number of nitrogens with zero attached hydrogens (tertiary/aromatic N) is 2. The van der Waals surface area contributed by atoms with E-state index in [9.17, 15) is 4.79 Å². The van der Waals surface area contributed by atoms with Crippen molar-refractivity contribution < 1.29 is 14.3 Å². The van der Waals surface area contributed by atoms with Crippen LogP contribution in [0.1, 0.15) is 31.3 Å². The molecule has 0 bridgehead atoms. The van der Waals surface area contributed by atoms with E-state index < -0.39 is 6.03 Å². The number of benzene rings is 2. The van der Waals surface area contributed by atoms with Crippen LogP contribution in [0.5, 0.6) is 11.5 Å². The number of urea groups is 1. The van der Waals surface area contributed by atoms with Crippen LogP contribution < -0.4 is 20.1 Å². The second-order valence-electron chi connectivity index (χ2n) is 7.38. The SMILES string of the molecule is COc1cccc(NC(=O)Nc2nnc(COc3ccc(C(C)(C)C)cc3)s2)c1. The third-order valence-corrected chi connectivity index (χ3v) is 4.91. The van der Waals surface area contributed by atoms with Crippen molar-refractivity contribution in [2.75, 3.05) is 17.7 Å². The van der Waals surface area contributed by atoms with E-state index in [1.807, 2.05) is 12.1 Å². The van der Waals surface area contributed by atoms with Gasteiger partial charge in [-0.05, 0) is 35.2 Å². The Kier molecular flexibility index (Phi) is 6.33. The standard InChI is InChI=1S/C21H24N4O3S/c1-21(2,3)14-8-10-16(11-9-14)28-13-18-24-25-20(29-18)23-19(26)22-15-6-5-7-17(12-15)27-4/h5-12H,13H2,1-4H3,(H2,22,23,25,26). The molecule has 0 saturated heterocycles. The first-order chi connectivity index (χ1) is 13.8. The number of ether oxygens (including phenoxy) is 2. The fourth-order valence-corrected chi connectivity index (χ4v) is 3.17. The molecule has 0 radical (unpaired) electrons. The topological polar surface area (TPSA) is 85.4 Å². The highest BCUT2D eigenvalue weighted by Gasteiger charge is 2.13.